The SMILES string of the molecule is O=c1c2[nH]cnc2ncn1CCSSCCn1cnc2nc[nH]c2c1=O. The Balaban J connectivity index is 1.27. The van der Waals surface area contributed by atoms with Gasteiger partial charge in [0.15, 0.2) is 22.3 Å². The third-order valence-electron chi connectivity index (χ3n) is 3.74. The number of nitrogens with one attached hydrogen (secondary N) is 2. The Bertz CT molecular complexity index is 1070. The lowest BCUT2D eigenvalue weighted by molar-refractivity contribution is 0.722. The minimum Gasteiger partial charge on any atom is -0.339 e. The maximum atomic E-state index is 12.2. The normalized spacial score (nSPS) is 11.5. The first-order chi connectivity index (χ1) is 12.7. The van der Waals surface area contributed by atoms with Gasteiger partial charge in [-0.25, -0.2) is 19.9 Å². The molecule has 0 aliphatic rings. The fourth-order valence-electron chi connectivity index (χ4n) is 2.43. The van der Waals surface area contributed by atoms with Crippen molar-refractivity contribution in [3.63, 3.8) is 0 Å². The first kappa shape index (κ1) is 16.8. The van der Waals surface area contributed by atoms with Crippen LogP contribution >= 0.6 is 21.6 Å². The molecule has 0 amide bonds. The molecule has 2 N–H and O–H groups in total. The predicted molar refractivity (Wildman–Crippen MR) is 101 cm³/mol. The highest BCUT2D eigenvalue weighted by molar-refractivity contribution is 8.76. The van der Waals surface area contributed by atoms with Crippen molar-refractivity contribution >= 4 is 43.9 Å². The van der Waals surface area contributed by atoms with E-state index in [1.54, 1.807) is 30.7 Å². The van der Waals surface area contributed by atoms with E-state index in [1.165, 1.54) is 25.3 Å². The molecule has 0 unspecified atom stereocenters. The van der Waals surface area contributed by atoms with Crippen LogP contribution in [0.3, 0.4) is 0 Å². The molecule has 4 rings (SSSR count). The molecule has 0 aliphatic carbocycles. The van der Waals surface area contributed by atoms with E-state index in [9.17, 15) is 9.59 Å². The quantitative estimate of drug-likeness (QED) is 0.347. The van der Waals surface area contributed by atoms with Crippen LogP contribution in [0.1, 0.15) is 0 Å². The van der Waals surface area contributed by atoms with Crippen LogP contribution in [0.5, 0.6) is 0 Å². The maximum absolute atomic E-state index is 12.2. The lowest BCUT2D eigenvalue weighted by Gasteiger charge is -2.06. The Morgan fingerprint density at radius 2 is 1.23 bits per heavy atom. The van der Waals surface area contributed by atoms with Crippen molar-refractivity contribution < 1.29 is 0 Å². The average Bonchev–Trinajstić information content (AvgIpc) is 3.31. The van der Waals surface area contributed by atoms with Crippen LogP contribution in [0, 0.1) is 0 Å². The van der Waals surface area contributed by atoms with Gasteiger partial charge in [0, 0.05) is 24.6 Å². The van der Waals surface area contributed by atoms with Gasteiger partial charge in [0.2, 0.25) is 0 Å². The zero-order valence-corrected chi connectivity index (χ0v) is 15.1. The van der Waals surface area contributed by atoms with Gasteiger partial charge in [-0.15, -0.1) is 0 Å². The molecule has 0 aliphatic heterocycles. The maximum Gasteiger partial charge on any atom is 0.279 e. The number of aromatic nitrogens is 8. The van der Waals surface area contributed by atoms with Crippen LogP contribution in [0.2, 0.25) is 0 Å². The van der Waals surface area contributed by atoms with E-state index in [-0.39, 0.29) is 11.1 Å². The molecule has 26 heavy (non-hydrogen) atoms. The molecule has 0 saturated carbocycles. The van der Waals surface area contributed by atoms with Gasteiger partial charge in [-0.3, -0.25) is 18.7 Å². The van der Waals surface area contributed by atoms with Crippen molar-refractivity contribution in [2.24, 2.45) is 0 Å². The molecule has 4 aromatic rings. The monoisotopic (exact) mass is 390 g/mol. The summed E-state index contributed by atoms with van der Waals surface area (Å²) in [6.45, 7) is 1.11. The fourth-order valence-corrected chi connectivity index (χ4v) is 4.37. The Kier molecular flexibility index (Phi) is 4.75. The van der Waals surface area contributed by atoms with E-state index in [0.29, 0.717) is 35.4 Å². The number of aromatic amines is 2. The first-order valence-electron chi connectivity index (χ1n) is 7.75. The lowest BCUT2D eigenvalue weighted by atomic mass is 10.5. The van der Waals surface area contributed by atoms with Crippen molar-refractivity contribution in [1.29, 1.82) is 0 Å². The van der Waals surface area contributed by atoms with Crippen molar-refractivity contribution in [1.82, 2.24) is 39.0 Å². The van der Waals surface area contributed by atoms with Gasteiger partial charge in [0.25, 0.3) is 11.1 Å². The highest BCUT2D eigenvalue weighted by Crippen LogP contribution is 2.21. The fraction of sp³-hybridized carbons (Fsp3) is 0.286. The van der Waals surface area contributed by atoms with Crippen LogP contribution in [0.4, 0.5) is 0 Å². The van der Waals surface area contributed by atoms with Gasteiger partial charge in [-0.1, -0.05) is 21.6 Å². The second-order valence-electron chi connectivity index (χ2n) is 5.33. The Morgan fingerprint density at radius 3 is 1.69 bits per heavy atom. The molecular weight excluding hydrogens is 376 g/mol. The number of rotatable bonds is 7. The van der Waals surface area contributed by atoms with Gasteiger partial charge in [0.05, 0.1) is 12.7 Å². The Hall–Kier alpha value is -2.60. The topological polar surface area (TPSA) is 127 Å². The highest BCUT2D eigenvalue weighted by atomic mass is 33.1. The van der Waals surface area contributed by atoms with Gasteiger partial charge < -0.3 is 9.97 Å². The summed E-state index contributed by atoms with van der Waals surface area (Å²) in [6, 6.07) is 0. The third-order valence-corrected chi connectivity index (χ3v) is 6.11. The molecule has 0 atom stereocenters. The van der Waals surface area contributed by atoms with Crippen LogP contribution in [0.25, 0.3) is 22.3 Å². The van der Waals surface area contributed by atoms with E-state index in [0.717, 1.165) is 11.5 Å². The van der Waals surface area contributed by atoms with Crippen LogP contribution in [-0.4, -0.2) is 50.5 Å². The number of fused-ring (bicyclic) bond motifs is 2. The minimum absolute atomic E-state index is 0.122. The Morgan fingerprint density at radius 1 is 0.769 bits per heavy atom. The van der Waals surface area contributed by atoms with Crippen LogP contribution in [-0.2, 0) is 13.1 Å². The van der Waals surface area contributed by atoms with Crippen molar-refractivity contribution in [2.45, 2.75) is 13.1 Å². The molecule has 4 heterocycles. The predicted octanol–water partition coefficient (Wildman–Crippen LogP) is 0.634. The van der Waals surface area contributed by atoms with Gasteiger partial charge >= 0.3 is 0 Å². The summed E-state index contributed by atoms with van der Waals surface area (Å²) in [6.07, 6.45) is 5.96. The number of aryl methyl sites for hydroxylation is 2. The molecule has 0 fully saturated rings. The van der Waals surface area contributed by atoms with Gasteiger partial charge in [-0.2, -0.15) is 0 Å². The van der Waals surface area contributed by atoms with E-state index in [1.807, 2.05) is 0 Å². The van der Waals surface area contributed by atoms with Gasteiger partial charge in [0.1, 0.15) is 12.7 Å². The molecule has 134 valence electrons. The summed E-state index contributed by atoms with van der Waals surface area (Å²) in [5, 5.41) is 0. The van der Waals surface area contributed by atoms with Crippen molar-refractivity contribution in [3.8, 4) is 0 Å². The molecule has 0 radical (unpaired) electrons. The summed E-state index contributed by atoms with van der Waals surface area (Å²) in [7, 11) is 3.28. The number of nitrogens with zero attached hydrogens (tertiary/aromatic N) is 6. The molecule has 0 saturated heterocycles. The third kappa shape index (κ3) is 3.24. The molecule has 4 aromatic heterocycles. The molecule has 0 bridgehead atoms. The first-order valence-corrected chi connectivity index (χ1v) is 10.2. The van der Waals surface area contributed by atoms with E-state index in [2.05, 4.69) is 29.9 Å². The molecule has 0 aromatic carbocycles. The van der Waals surface area contributed by atoms with Crippen LogP contribution < -0.4 is 11.1 Å². The molecule has 10 nitrogen and oxygen atoms in total. The second kappa shape index (κ2) is 7.33. The van der Waals surface area contributed by atoms with Gasteiger partial charge in [-0.05, 0) is 0 Å². The largest absolute Gasteiger partial charge is 0.339 e. The second-order valence-corrected chi connectivity index (χ2v) is 8.03. The lowest BCUT2D eigenvalue weighted by Crippen LogP contribution is -2.22. The summed E-state index contributed by atoms with van der Waals surface area (Å²) >= 11 is 0. The van der Waals surface area contributed by atoms with E-state index in [4.69, 9.17) is 0 Å². The number of H-pyrrole nitrogens is 2. The minimum atomic E-state index is -0.122. The number of imidazole rings is 2. The summed E-state index contributed by atoms with van der Waals surface area (Å²) in [5.74, 6) is 1.50. The molecule has 0 spiro atoms. The molecule has 12 heteroatoms. The standard InChI is InChI=1S/C14H14N8O2S2/c23-13-9-11(17-5-15-9)19-7-21(13)1-3-25-26-4-2-22-8-20-12-10(14(22)24)16-6-18-12/h5-8H,1-4H2,(H,15,17)(H,16,18). The Labute approximate surface area is 153 Å². The van der Waals surface area contributed by atoms with Crippen molar-refractivity contribution in [2.75, 3.05) is 11.5 Å². The molecular formula is C14H14N8O2S2. The summed E-state index contributed by atoms with van der Waals surface area (Å²) < 4.78 is 3.13. The van der Waals surface area contributed by atoms with E-state index >= 15 is 0 Å². The summed E-state index contributed by atoms with van der Waals surface area (Å²) in [4.78, 5) is 46.2. The number of hydrogen-bond donors (Lipinski definition) is 2. The number of hydrogen-bond acceptors (Lipinski definition) is 8. The summed E-state index contributed by atoms with van der Waals surface area (Å²) in [5.41, 5.74) is 1.47. The zero-order valence-electron chi connectivity index (χ0n) is 13.5. The zero-order chi connectivity index (χ0) is 17.9. The van der Waals surface area contributed by atoms with E-state index < -0.39 is 0 Å². The smallest absolute Gasteiger partial charge is 0.279 e. The average molecular weight is 390 g/mol. The van der Waals surface area contributed by atoms with Crippen molar-refractivity contribution in [3.05, 3.63) is 46.0 Å². The highest BCUT2D eigenvalue weighted by Gasteiger charge is 2.07. The van der Waals surface area contributed by atoms with Crippen LogP contribution in [0.15, 0.2) is 34.9 Å².